The standard InChI is InChI=1S/C11H11N3O3S2.C5H11N.C5H5N.H2/c15-19(16,14-11-12-7-13-18-11)9-4-3-8-2-1-5-17-10(8)6-9;2*1-2-4-6-5-3-1;/h3-4,6-7H,1-2,5H2,(H,12,13,14);6H,1-5H2;1-5H;1H. The molecule has 2 aromatic heterocycles. The maximum Gasteiger partial charge on any atom is 0.263 e. The predicted octanol–water partition coefficient (Wildman–Crippen LogP) is 3.75. The van der Waals surface area contributed by atoms with Gasteiger partial charge in [0.2, 0.25) is 5.13 Å². The van der Waals surface area contributed by atoms with E-state index in [0.29, 0.717) is 12.4 Å². The van der Waals surface area contributed by atoms with Crippen LogP contribution in [0.2, 0.25) is 0 Å². The van der Waals surface area contributed by atoms with Crippen molar-refractivity contribution in [2.24, 2.45) is 0 Å². The molecule has 8 nitrogen and oxygen atoms in total. The first kappa shape index (κ1) is 23.1. The molecule has 168 valence electrons. The summed E-state index contributed by atoms with van der Waals surface area (Å²) in [6.07, 6.45) is 10.9. The number of fused-ring (bicyclic) bond motifs is 1. The fourth-order valence-corrected chi connectivity index (χ4v) is 4.67. The van der Waals surface area contributed by atoms with Crippen LogP contribution in [0.4, 0.5) is 5.13 Å². The maximum absolute atomic E-state index is 12.2. The number of hydrogen-bond donors (Lipinski definition) is 2. The average Bonchev–Trinajstić information content (AvgIpc) is 3.34. The van der Waals surface area contributed by atoms with Crippen molar-refractivity contribution in [3.05, 3.63) is 60.7 Å². The number of aromatic nitrogens is 3. The number of ether oxygens (including phenoxy) is 1. The summed E-state index contributed by atoms with van der Waals surface area (Å²) in [6, 6.07) is 10.6. The van der Waals surface area contributed by atoms with E-state index in [1.54, 1.807) is 30.6 Å². The topological polar surface area (TPSA) is 106 Å². The van der Waals surface area contributed by atoms with Crippen LogP contribution in [0, 0.1) is 0 Å². The van der Waals surface area contributed by atoms with E-state index < -0.39 is 10.0 Å². The third-order valence-corrected chi connectivity index (χ3v) is 6.60. The number of hydrogen-bond acceptors (Lipinski definition) is 8. The number of anilines is 1. The highest BCUT2D eigenvalue weighted by Gasteiger charge is 2.19. The Morgan fingerprint density at radius 2 is 1.87 bits per heavy atom. The molecule has 0 aliphatic carbocycles. The third kappa shape index (κ3) is 7.89. The first-order valence-corrected chi connectivity index (χ1v) is 12.5. The number of aryl methyl sites for hydroxylation is 1. The van der Waals surface area contributed by atoms with Crippen molar-refractivity contribution in [2.45, 2.75) is 37.0 Å². The van der Waals surface area contributed by atoms with Crippen molar-refractivity contribution >= 4 is 26.7 Å². The van der Waals surface area contributed by atoms with Gasteiger partial charge in [0.05, 0.1) is 11.5 Å². The molecule has 0 radical (unpaired) electrons. The van der Waals surface area contributed by atoms with Crippen LogP contribution in [0.25, 0.3) is 0 Å². The lowest BCUT2D eigenvalue weighted by Gasteiger charge is -2.17. The molecule has 0 atom stereocenters. The Labute approximate surface area is 188 Å². The molecule has 3 aromatic rings. The fourth-order valence-electron chi connectivity index (χ4n) is 2.99. The summed E-state index contributed by atoms with van der Waals surface area (Å²) in [7, 11) is -3.64. The third-order valence-electron chi connectivity index (χ3n) is 4.55. The van der Waals surface area contributed by atoms with Crippen molar-refractivity contribution in [1.29, 1.82) is 0 Å². The quantitative estimate of drug-likeness (QED) is 0.609. The van der Waals surface area contributed by atoms with E-state index in [2.05, 4.69) is 24.4 Å². The van der Waals surface area contributed by atoms with E-state index in [9.17, 15) is 8.42 Å². The van der Waals surface area contributed by atoms with E-state index in [0.717, 1.165) is 29.9 Å². The Balaban J connectivity index is 0.000000228. The molecule has 4 heterocycles. The molecule has 31 heavy (non-hydrogen) atoms. The fraction of sp³-hybridized carbons (Fsp3) is 0.381. The second-order valence-corrected chi connectivity index (χ2v) is 9.37. The largest absolute Gasteiger partial charge is 0.493 e. The molecule has 0 amide bonds. The van der Waals surface area contributed by atoms with Gasteiger partial charge in [-0.25, -0.2) is 13.4 Å². The van der Waals surface area contributed by atoms with Crippen LogP contribution in [0.3, 0.4) is 0 Å². The number of benzene rings is 1. The molecule has 0 spiro atoms. The molecule has 2 aliphatic heterocycles. The van der Waals surface area contributed by atoms with Crippen molar-refractivity contribution in [2.75, 3.05) is 24.4 Å². The van der Waals surface area contributed by atoms with E-state index in [1.807, 2.05) is 18.2 Å². The smallest absolute Gasteiger partial charge is 0.263 e. The molecule has 2 N–H and O–H groups in total. The molecular formula is C21H29N5O3S2. The van der Waals surface area contributed by atoms with Crippen LogP contribution in [0.15, 0.2) is 60.0 Å². The van der Waals surface area contributed by atoms with Crippen molar-refractivity contribution < 1.29 is 14.6 Å². The van der Waals surface area contributed by atoms with Crippen LogP contribution in [0.1, 0.15) is 32.7 Å². The minimum atomic E-state index is -3.64. The van der Waals surface area contributed by atoms with Crippen LogP contribution in [-0.4, -0.2) is 42.5 Å². The molecule has 0 unspecified atom stereocenters. The Kier molecular flexibility index (Phi) is 9.19. The van der Waals surface area contributed by atoms with Gasteiger partial charge in [0, 0.05) is 31.4 Å². The van der Waals surface area contributed by atoms with Gasteiger partial charge in [-0.05, 0) is 62.5 Å². The van der Waals surface area contributed by atoms with Crippen molar-refractivity contribution in [3.63, 3.8) is 0 Å². The van der Waals surface area contributed by atoms with E-state index in [-0.39, 0.29) is 11.5 Å². The number of nitrogens with one attached hydrogen (secondary N) is 2. The first-order chi connectivity index (χ1) is 15.1. The van der Waals surface area contributed by atoms with Gasteiger partial charge in [-0.1, -0.05) is 18.6 Å². The normalized spacial score (nSPS) is 15.1. The summed E-state index contributed by atoms with van der Waals surface area (Å²) in [5.41, 5.74) is 1.04. The van der Waals surface area contributed by atoms with E-state index in [1.165, 1.54) is 38.7 Å². The van der Waals surface area contributed by atoms with Gasteiger partial charge in [0.25, 0.3) is 10.0 Å². The number of nitrogens with zero attached hydrogens (tertiary/aromatic N) is 3. The molecule has 5 rings (SSSR count). The average molecular weight is 464 g/mol. The van der Waals surface area contributed by atoms with Gasteiger partial charge in [0.1, 0.15) is 12.1 Å². The Morgan fingerprint density at radius 1 is 1.06 bits per heavy atom. The Morgan fingerprint density at radius 3 is 2.42 bits per heavy atom. The van der Waals surface area contributed by atoms with E-state index >= 15 is 0 Å². The number of rotatable bonds is 3. The number of sulfonamides is 1. The van der Waals surface area contributed by atoms with Crippen molar-refractivity contribution in [1.82, 2.24) is 19.7 Å². The van der Waals surface area contributed by atoms with E-state index in [4.69, 9.17) is 4.74 Å². The second-order valence-electron chi connectivity index (χ2n) is 6.91. The lowest BCUT2D eigenvalue weighted by atomic mass is 10.1. The van der Waals surface area contributed by atoms with Crippen LogP contribution >= 0.6 is 11.5 Å². The maximum atomic E-state index is 12.2. The zero-order valence-electron chi connectivity index (χ0n) is 17.2. The predicted molar refractivity (Wildman–Crippen MR) is 124 cm³/mol. The molecule has 0 saturated carbocycles. The number of piperidine rings is 1. The highest BCUT2D eigenvalue weighted by molar-refractivity contribution is 7.93. The zero-order valence-corrected chi connectivity index (χ0v) is 18.9. The highest BCUT2D eigenvalue weighted by Crippen LogP contribution is 2.28. The molecule has 1 saturated heterocycles. The Bertz CT molecular complexity index is 963. The highest BCUT2D eigenvalue weighted by atomic mass is 32.2. The monoisotopic (exact) mass is 463 g/mol. The molecular weight excluding hydrogens is 434 g/mol. The lowest BCUT2D eigenvalue weighted by molar-refractivity contribution is 0.287. The minimum Gasteiger partial charge on any atom is -0.493 e. The Hall–Kier alpha value is -2.56. The summed E-state index contributed by atoms with van der Waals surface area (Å²) in [6.45, 7) is 3.13. The summed E-state index contributed by atoms with van der Waals surface area (Å²) in [4.78, 5) is 7.75. The van der Waals surface area contributed by atoms with Crippen LogP contribution in [-0.2, 0) is 16.4 Å². The SMILES string of the molecule is C1CCNCC1.O=S(=O)(Nc1ncns1)c1ccc2c(c1)OCCC2.[HH].c1ccncc1. The van der Waals surface area contributed by atoms with Gasteiger partial charge in [-0.3, -0.25) is 9.71 Å². The van der Waals surface area contributed by atoms with Gasteiger partial charge < -0.3 is 10.1 Å². The lowest BCUT2D eigenvalue weighted by Crippen LogP contribution is -2.21. The zero-order chi connectivity index (χ0) is 21.8. The molecule has 10 heteroatoms. The summed E-state index contributed by atoms with van der Waals surface area (Å²) in [5, 5.41) is 3.53. The number of pyridine rings is 1. The molecule has 0 bridgehead atoms. The second kappa shape index (κ2) is 12.3. The van der Waals surface area contributed by atoms with Gasteiger partial charge >= 0.3 is 0 Å². The molecule has 1 aromatic carbocycles. The van der Waals surface area contributed by atoms with Gasteiger partial charge in [0.15, 0.2) is 0 Å². The minimum absolute atomic E-state index is 0. The van der Waals surface area contributed by atoms with Gasteiger partial charge in [-0.2, -0.15) is 4.37 Å². The first-order valence-electron chi connectivity index (χ1n) is 10.3. The van der Waals surface area contributed by atoms with Crippen LogP contribution < -0.4 is 14.8 Å². The summed E-state index contributed by atoms with van der Waals surface area (Å²) < 4.78 is 35.9. The summed E-state index contributed by atoms with van der Waals surface area (Å²) >= 11 is 0.991. The molecule has 2 aliphatic rings. The van der Waals surface area contributed by atoms with Crippen molar-refractivity contribution in [3.8, 4) is 5.75 Å². The van der Waals surface area contributed by atoms with Crippen LogP contribution in [0.5, 0.6) is 5.75 Å². The molecule has 1 fully saturated rings. The summed E-state index contributed by atoms with van der Waals surface area (Å²) in [5.74, 6) is 0.645. The van der Waals surface area contributed by atoms with Gasteiger partial charge in [-0.15, -0.1) is 0 Å².